The van der Waals surface area contributed by atoms with Crippen molar-refractivity contribution in [1.29, 1.82) is 0 Å². The van der Waals surface area contributed by atoms with E-state index in [1.807, 2.05) is 30.3 Å². The molecule has 25 heavy (non-hydrogen) atoms. The predicted octanol–water partition coefficient (Wildman–Crippen LogP) is 4.75. The van der Waals surface area contributed by atoms with Crippen molar-refractivity contribution in [2.75, 3.05) is 0 Å². The highest BCUT2D eigenvalue weighted by molar-refractivity contribution is 6.37. The van der Waals surface area contributed by atoms with E-state index >= 15 is 0 Å². The number of fused-ring (bicyclic) bond motifs is 1. The lowest BCUT2D eigenvalue weighted by molar-refractivity contribution is -0.384. The van der Waals surface area contributed by atoms with Crippen LogP contribution in [0.1, 0.15) is 11.1 Å². The fourth-order valence-electron chi connectivity index (χ4n) is 2.66. The van der Waals surface area contributed by atoms with Crippen molar-refractivity contribution in [2.24, 2.45) is 0 Å². The average molecular weight is 370 g/mol. The Balaban J connectivity index is 2.18. The number of hydrogen-bond acceptors (Lipinski definition) is 3. The molecule has 0 bridgehead atoms. The Morgan fingerprint density at radius 3 is 2.52 bits per heavy atom. The molecule has 0 aliphatic carbocycles. The van der Waals surface area contributed by atoms with Crippen LogP contribution in [0.2, 0.25) is 5.02 Å². The molecule has 0 atom stereocenters. The normalized spacial score (nSPS) is 11.8. The van der Waals surface area contributed by atoms with Crippen LogP contribution < -0.4 is 0 Å². The molecule has 0 N–H and O–H groups in total. The highest BCUT2D eigenvalue weighted by atomic mass is 35.5. The number of nitrogens with zero attached hydrogens (tertiary/aromatic N) is 3. The van der Waals surface area contributed by atoms with Crippen LogP contribution in [0, 0.1) is 10.1 Å². The molecule has 2 heterocycles. The highest BCUT2D eigenvalue weighted by Crippen LogP contribution is 2.37. The molecule has 0 aliphatic rings. The molecule has 2 aromatic heterocycles. The van der Waals surface area contributed by atoms with Crippen LogP contribution in [0.15, 0.2) is 42.7 Å². The molecule has 0 spiro atoms. The summed E-state index contributed by atoms with van der Waals surface area (Å²) in [4.78, 5) is 14.2. The summed E-state index contributed by atoms with van der Waals surface area (Å²) < 4.78 is 40.2. The summed E-state index contributed by atoms with van der Waals surface area (Å²) in [5, 5.41) is 10.6. The third-order valence-electron chi connectivity index (χ3n) is 3.67. The number of rotatable bonds is 4. The minimum absolute atomic E-state index is 0.0378. The zero-order chi connectivity index (χ0) is 18.2. The number of hydrogen-bond donors (Lipinski definition) is 0. The predicted molar refractivity (Wildman–Crippen MR) is 86.7 cm³/mol. The molecule has 0 aliphatic heterocycles. The summed E-state index contributed by atoms with van der Waals surface area (Å²) in [6, 6.07) is 9.08. The van der Waals surface area contributed by atoms with Crippen molar-refractivity contribution in [3.8, 4) is 0 Å². The fraction of sp³-hybridized carbons (Fsp3) is 0.188. The fourth-order valence-corrected chi connectivity index (χ4v) is 2.99. The number of aromatic nitrogens is 2. The largest absolute Gasteiger partial charge is 0.393 e. The highest BCUT2D eigenvalue weighted by Gasteiger charge is 2.31. The summed E-state index contributed by atoms with van der Waals surface area (Å²) in [5.74, 6) is 0. The van der Waals surface area contributed by atoms with E-state index in [9.17, 15) is 23.3 Å². The van der Waals surface area contributed by atoms with Crippen LogP contribution in [0.3, 0.4) is 0 Å². The Morgan fingerprint density at radius 2 is 1.92 bits per heavy atom. The molecule has 9 heteroatoms. The molecule has 0 fully saturated rings. The van der Waals surface area contributed by atoms with Gasteiger partial charge in [0.15, 0.2) is 0 Å². The Hall–Kier alpha value is -2.61. The zero-order valence-corrected chi connectivity index (χ0v) is 13.4. The summed E-state index contributed by atoms with van der Waals surface area (Å²) in [7, 11) is 0. The molecular formula is C16H11ClF3N3O2. The van der Waals surface area contributed by atoms with Gasteiger partial charge in [0.25, 0.3) is 0 Å². The molecule has 130 valence electrons. The molecule has 3 aromatic rings. The molecule has 0 saturated carbocycles. The zero-order valence-electron chi connectivity index (χ0n) is 12.6. The Kier molecular flexibility index (Phi) is 4.38. The molecule has 0 radical (unpaired) electrons. The van der Waals surface area contributed by atoms with Crippen LogP contribution in [0.5, 0.6) is 0 Å². The van der Waals surface area contributed by atoms with Gasteiger partial charge in [-0.3, -0.25) is 10.1 Å². The van der Waals surface area contributed by atoms with Gasteiger partial charge >= 0.3 is 11.9 Å². The van der Waals surface area contributed by atoms with Gasteiger partial charge in [-0.2, -0.15) is 13.2 Å². The van der Waals surface area contributed by atoms with E-state index in [0.29, 0.717) is 0 Å². The maximum Gasteiger partial charge on any atom is 0.393 e. The first-order chi connectivity index (χ1) is 11.8. The first-order valence-corrected chi connectivity index (χ1v) is 7.55. The van der Waals surface area contributed by atoms with Crippen LogP contribution in [-0.4, -0.2) is 20.7 Å². The molecule has 0 amide bonds. The van der Waals surface area contributed by atoms with E-state index < -0.39 is 23.2 Å². The number of pyridine rings is 1. The Morgan fingerprint density at radius 1 is 1.24 bits per heavy atom. The number of benzene rings is 1. The van der Waals surface area contributed by atoms with Crippen LogP contribution in [-0.2, 0) is 13.0 Å². The van der Waals surface area contributed by atoms with Gasteiger partial charge < -0.3 is 4.57 Å². The van der Waals surface area contributed by atoms with E-state index in [0.717, 1.165) is 11.8 Å². The summed E-state index contributed by atoms with van der Waals surface area (Å²) in [6.45, 7) is 0.274. The van der Waals surface area contributed by atoms with Crippen LogP contribution in [0.25, 0.3) is 11.0 Å². The second-order valence-electron chi connectivity index (χ2n) is 5.47. The summed E-state index contributed by atoms with van der Waals surface area (Å²) >= 11 is 6.02. The topological polar surface area (TPSA) is 61.0 Å². The van der Waals surface area contributed by atoms with Crippen molar-refractivity contribution >= 4 is 28.3 Å². The van der Waals surface area contributed by atoms with Crippen molar-refractivity contribution in [1.82, 2.24) is 9.55 Å². The van der Waals surface area contributed by atoms with E-state index in [2.05, 4.69) is 4.98 Å². The molecular weight excluding hydrogens is 359 g/mol. The van der Waals surface area contributed by atoms with E-state index in [1.54, 1.807) is 0 Å². The minimum Gasteiger partial charge on any atom is -0.328 e. The SMILES string of the molecule is O=[N+]([O-])c1cnc2c(c(CC(F)(F)F)cn2Cc2ccccc2)c1Cl. The van der Waals surface area contributed by atoms with E-state index in [4.69, 9.17) is 11.6 Å². The van der Waals surface area contributed by atoms with Crippen LogP contribution >= 0.6 is 11.6 Å². The van der Waals surface area contributed by atoms with Gasteiger partial charge in [0, 0.05) is 18.1 Å². The monoisotopic (exact) mass is 369 g/mol. The molecule has 0 unspecified atom stereocenters. The van der Waals surface area contributed by atoms with Gasteiger partial charge in [-0.25, -0.2) is 4.98 Å². The first-order valence-electron chi connectivity index (χ1n) is 7.17. The number of nitro groups is 1. The third-order valence-corrected chi connectivity index (χ3v) is 4.05. The van der Waals surface area contributed by atoms with E-state index in [-0.39, 0.29) is 28.2 Å². The molecule has 0 saturated heterocycles. The van der Waals surface area contributed by atoms with E-state index in [1.165, 1.54) is 10.8 Å². The van der Waals surface area contributed by atoms with Gasteiger partial charge in [-0.05, 0) is 11.1 Å². The lowest BCUT2D eigenvalue weighted by Crippen LogP contribution is -2.11. The average Bonchev–Trinajstić information content (AvgIpc) is 2.84. The minimum atomic E-state index is -4.47. The van der Waals surface area contributed by atoms with Crippen molar-refractivity contribution < 1.29 is 18.1 Å². The van der Waals surface area contributed by atoms with Gasteiger partial charge in [0.05, 0.1) is 11.3 Å². The van der Waals surface area contributed by atoms with Gasteiger partial charge in [0.1, 0.15) is 16.9 Å². The number of alkyl halides is 3. The second kappa shape index (κ2) is 6.36. The van der Waals surface area contributed by atoms with Gasteiger partial charge in [0.2, 0.25) is 0 Å². The maximum atomic E-state index is 12.9. The third kappa shape index (κ3) is 3.58. The van der Waals surface area contributed by atoms with Crippen molar-refractivity contribution in [3.05, 3.63) is 69.0 Å². The van der Waals surface area contributed by atoms with Crippen molar-refractivity contribution in [2.45, 2.75) is 19.1 Å². The lowest BCUT2D eigenvalue weighted by Gasteiger charge is -2.05. The molecule has 1 aromatic carbocycles. The lowest BCUT2D eigenvalue weighted by atomic mass is 10.1. The van der Waals surface area contributed by atoms with Gasteiger partial charge in [-0.1, -0.05) is 41.9 Å². The maximum absolute atomic E-state index is 12.9. The Labute approximate surface area is 144 Å². The standard InChI is InChI=1S/C16H11ClF3N3O2/c17-14-12(23(24)25)7-21-15-13(14)11(6-16(18,19)20)9-22(15)8-10-4-2-1-3-5-10/h1-5,7,9H,6,8H2. The first kappa shape index (κ1) is 17.2. The summed E-state index contributed by atoms with van der Waals surface area (Å²) in [6.07, 6.45) is -3.45. The second-order valence-corrected chi connectivity index (χ2v) is 5.85. The molecule has 3 rings (SSSR count). The summed E-state index contributed by atoms with van der Waals surface area (Å²) in [5.41, 5.74) is 0.377. The quantitative estimate of drug-likeness (QED) is 0.492. The smallest absolute Gasteiger partial charge is 0.328 e. The Bertz CT molecular complexity index is 939. The molecule has 5 nitrogen and oxygen atoms in total. The number of halogens is 4. The van der Waals surface area contributed by atoms with Crippen molar-refractivity contribution in [3.63, 3.8) is 0 Å². The van der Waals surface area contributed by atoms with Crippen LogP contribution in [0.4, 0.5) is 18.9 Å². The van der Waals surface area contributed by atoms with Gasteiger partial charge in [-0.15, -0.1) is 0 Å².